The Balaban J connectivity index is 3.62. The first-order valence-electron chi connectivity index (χ1n) is 4.33. The zero-order valence-corrected chi connectivity index (χ0v) is 8.41. The van der Waals surface area contributed by atoms with Crippen molar-refractivity contribution >= 4 is 12.1 Å². The molecule has 1 N–H and O–H groups in total. The van der Waals surface area contributed by atoms with Crippen molar-refractivity contribution in [3.63, 3.8) is 0 Å². The molecule has 80 valence electrons. The summed E-state index contributed by atoms with van der Waals surface area (Å²) in [4.78, 5) is 21.5. The van der Waals surface area contributed by atoms with Gasteiger partial charge in [0.05, 0.1) is 0 Å². The minimum atomic E-state index is -0.531. The maximum Gasteiger partial charge on any atom is 0.407 e. The van der Waals surface area contributed by atoms with Gasteiger partial charge in [0, 0.05) is 12.6 Å². The third-order valence-electron chi connectivity index (χ3n) is 1.25. The Bertz CT molecular complexity index is 215. The van der Waals surface area contributed by atoms with E-state index < -0.39 is 18.2 Å². The molecule has 1 atom stereocenters. The minimum Gasteiger partial charge on any atom is -0.456 e. The predicted molar refractivity (Wildman–Crippen MR) is 50.8 cm³/mol. The van der Waals surface area contributed by atoms with Crippen molar-refractivity contribution < 1.29 is 19.1 Å². The third kappa shape index (κ3) is 6.05. The molecule has 0 rings (SSSR count). The fourth-order valence-electron chi connectivity index (χ4n) is 0.669. The van der Waals surface area contributed by atoms with Crippen LogP contribution in [0.2, 0.25) is 0 Å². The lowest BCUT2D eigenvalue weighted by molar-refractivity contribution is -0.143. The summed E-state index contributed by atoms with van der Waals surface area (Å²) in [7, 11) is 0. The van der Waals surface area contributed by atoms with Crippen LogP contribution in [0.3, 0.4) is 0 Å². The van der Waals surface area contributed by atoms with E-state index in [2.05, 4.69) is 11.9 Å². The first-order chi connectivity index (χ1) is 6.60. The number of alkyl carbamates (subject to hydrolysis) is 1. The normalized spacial score (nSPS) is 11.3. The molecule has 1 amide bonds. The van der Waals surface area contributed by atoms with Gasteiger partial charge in [0.2, 0.25) is 0 Å². The van der Waals surface area contributed by atoms with Crippen molar-refractivity contribution in [3.8, 4) is 0 Å². The van der Waals surface area contributed by atoms with Crippen molar-refractivity contribution in [3.05, 3.63) is 12.7 Å². The molecule has 0 spiro atoms. The Morgan fingerprint density at radius 3 is 2.71 bits per heavy atom. The second-order valence-electron chi connectivity index (χ2n) is 2.58. The first-order valence-corrected chi connectivity index (χ1v) is 4.33. The lowest BCUT2D eigenvalue weighted by Gasteiger charge is -2.12. The van der Waals surface area contributed by atoms with E-state index in [1.165, 1.54) is 0 Å². The van der Waals surface area contributed by atoms with Gasteiger partial charge in [0.15, 0.2) is 0 Å². The lowest BCUT2D eigenvalue weighted by atomic mass is 10.4. The van der Waals surface area contributed by atoms with E-state index in [1.807, 2.05) is 0 Å². The largest absolute Gasteiger partial charge is 0.456 e. The molecule has 0 radical (unpaired) electrons. The number of nitrogens with one attached hydrogen (secondary N) is 1. The zero-order valence-electron chi connectivity index (χ0n) is 8.41. The van der Waals surface area contributed by atoms with Crippen LogP contribution in [0.1, 0.15) is 13.8 Å². The fraction of sp³-hybridized carbons (Fsp3) is 0.556. The predicted octanol–water partition coefficient (Wildman–Crippen LogP) is 0.850. The smallest absolute Gasteiger partial charge is 0.407 e. The van der Waals surface area contributed by atoms with E-state index in [4.69, 9.17) is 9.47 Å². The SMILES string of the molecule is C=CC(=O)OC(C)COC(=O)NCC. The monoisotopic (exact) mass is 201 g/mol. The van der Waals surface area contributed by atoms with Gasteiger partial charge in [-0.25, -0.2) is 9.59 Å². The number of rotatable bonds is 5. The summed E-state index contributed by atoms with van der Waals surface area (Å²) in [6.07, 6.45) is 0.0694. The number of carbonyl (C=O) groups is 2. The van der Waals surface area contributed by atoms with Gasteiger partial charge in [0.1, 0.15) is 12.7 Å². The standard InChI is InChI=1S/C9H15NO4/c1-4-8(11)14-7(3)6-13-9(12)10-5-2/h4,7H,1,5-6H2,2-3H3,(H,10,12). The Morgan fingerprint density at radius 1 is 1.57 bits per heavy atom. The molecule has 14 heavy (non-hydrogen) atoms. The number of carbonyl (C=O) groups excluding carboxylic acids is 2. The highest BCUT2D eigenvalue weighted by Crippen LogP contribution is 1.93. The van der Waals surface area contributed by atoms with Crippen LogP contribution in [0.4, 0.5) is 4.79 Å². The molecule has 0 saturated heterocycles. The van der Waals surface area contributed by atoms with Crippen LogP contribution in [0.15, 0.2) is 12.7 Å². The van der Waals surface area contributed by atoms with Crippen LogP contribution < -0.4 is 5.32 Å². The van der Waals surface area contributed by atoms with Crippen LogP contribution >= 0.6 is 0 Å². The molecule has 0 aliphatic rings. The molecule has 5 nitrogen and oxygen atoms in total. The van der Waals surface area contributed by atoms with Gasteiger partial charge in [-0.05, 0) is 13.8 Å². The molecule has 0 aromatic carbocycles. The van der Waals surface area contributed by atoms with Gasteiger partial charge in [-0.15, -0.1) is 0 Å². The molecular weight excluding hydrogens is 186 g/mol. The van der Waals surface area contributed by atoms with Crippen molar-refractivity contribution in [2.75, 3.05) is 13.2 Å². The Morgan fingerprint density at radius 2 is 2.21 bits per heavy atom. The molecule has 0 aliphatic carbocycles. The van der Waals surface area contributed by atoms with Crippen molar-refractivity contribution in [2.45, 2.75) is 20.0 Å². The van der Waals surface area contributed by atoms with Gasteiger partial charge in [-0.2, -0.15) is 0 Å². The van der Waals surface area contributed by atoms with Gasteiger partial charge in [-0.1, -0.05) is 6.58 Å². The molecule has 0 saturated carbocycles. The molecule has 0 bridgehead atoms. The highest BCUT2D eigenvalue weighted by atomic mass is 16.6. The summed E-state index contributed by atoms with van der Waals surface area (Å²) >= 11 is 0. The average Bonchev–Trinajstić information content (AvgIpc) is 2.15. The van der Waals surface area contributed by atoms with Crippen molar-refractivity contribution in [2.24, 2.45) is 0 Å². The summed E-state index contributed by atoms with van der Waals surface area (Å²) < 4.78 is 9.49. The topological polar surface area (TPSA) is 64.6 Å². The molecule has 1 unspecified atom stereocenters. The molecule has 5 heteroatoms. The minimum absolute atomic E-state index is 0.0331. The van der Waals surface area contributed by atoms with E-state index in [1.54, 1.807) is 13.8 Å². The lowest BCUT2D eigenvalue weighted by Crippen LogP contribution is -2.28. The van der Waals surface area contributed by atoms with Gasteiger partial charge in [-0.3, -0.25) is 0 Å². The highest BCUT2D eigenvalue weighted by Gasteiger charge is 2.09. The average molecular weight is 201 g/mol. The number of amides is 1. The number of hydrogen-bond acceptors (Lipinski definition) is 4. The summed E-state index contributed by atoms with van der Waals surface area (Å²) in [5, 5.41) is 2.45. The fourth-order valence-corrected chi connectivity index (χ4v) is 0.669. The van der Waals surface area contributed by atoms with Gasteiger partial charge >= 0.3 is 12.1 Å². The summed E-state index contributed by atoms with van der Waals surface area (Å²) in [6.45, 7) is 7.18. The van der Waals surface area contributed by atoms with Crippen LogP contribution in [-0.4, -0.2) is 31.3 Å². The third-order valence-corrected chi connectivity index (χ3v) is 1.25. The van der Waals surface area contributed by atoms with E-state index in [-0.39, 0.29) is 6.61 Å². The summed E-state index contributed by atoms with van der Waals surface area (Å²) in [5.41, 5.74) is 0. The molecular formula is C9H15NO4. The first kappa shape index (κ1) is 12.5. The van der Waals surface area contributed by atoms with Crippen LogP contribution in [0, 0.1) is 0 Å². The van der Waals surface area contributed by atoms with Crippen LogP contribution in [0.5, 0.6) is 0 Å². The van der Waals surface area contributed by atoms with Crippen LogP contribution in [0.25, 0.3) is 0 Å². The molecule has 0 heterocycles. The summed E-state index contributed by atoms with van der Waals surface area (Å²) in [5.74, 6) is -0.531. The van der Waals surface area contributed by atoms with E-state index in [9.17, 15) is 9.59 Å². The van der Waals surface area contributed by atoms with Crippen LogP contribution in [-0.2, 0) is 14.3 Å². The molecule has 0 fully saturated rings. The highest BCUT2D eigenvalue weighted by molar-refractivity contribution is 5.81. The maximum absolute atomic E-state index is 10.8. The Labute approximate surface area is 83.1 Å². The van der Waals surface area contributed by atoms with E-state index in [0.717, 1.165) is 6.08 Å². The van der Waals surface area contributed by atoms with E-state index >= 15 is 0 Å². The number of ether oxygens (including phenoxy) is 2. The van der Waals surface area contributed by atoms with Crippen molar-refractivity contribution in [1.29, 1.82) is 0 Å². The van der Waals surface area contributed by atoms with Gasteiger partial charge in [0.25, 0.3) is 0 Å². The molecule has 0 aromatic heterocycles. The maximum atomic E-state index is 10.8. The second-order valence-corrected chi connectivity index (χ2v) is 2.58. The Kier molecular flexibility index (Phi) is 6.19. The molecule has 0 aliphatic heterocycles. The van der Waals surface area contributed by atoms with Gasteiger partial charge < -0.3 is 14.8 Å². The Hall–Kier alpha value is -1.52. The summed E-state index contributed by atoms with van der Waals surface area (Å²) in [6, 6.07) is 0. The van der Waals surface area contributed by atoms with Crippen molar-refractivity contribution in [1.82, 2.24) is 5.32 Å². The zero-order chi connectivity index (χ0) is 11.0. The van der Waals surface area contributed by atoms with E-state index in [0.29, 0.717) is 6.54 Å². The number of hydrogen-bond donors (Lipinski definition) is 1. The molecule has 0 aromatic rings. The second kappa shape index (κ2) is 6.94. The number of esters is 1. The quantitative estimate of drug-likeness (QED) is 0.529.